The second-order valence-electron chi connectivity index (χ2n) is 7.40. The van der Waals surface area contributed by atoms with Crippen LogP contribution in [0.3, 0.4) is 0 Å². The Balaban J connectivity index is 1.93. The van der Waals surface area contributed by atoms with Gasteiger partial charge in [-0.2, -0.15) is 5.10 Å². The highest BCUT2D eigenvalue weighted by atomic mass is 32.2. The summed E-state index contributed by atoms with van der Waals surface area (Å²) in [4.78, 5) is 11.4. The number of aryl methyl sites for hydroxylation is 1. The summed E-state index contributed by atoms with van der Waals surface area (Å²) in [5, 5.41) is 5.61. The van der Waals surface area contributed by atoms with Crippen molar-refractivity contribution in [2.45, 2.75) is 31.1 Å². The van der Waals surface area contributed by atoms with Crippen LogP contribution < -0.4 is 5.73 Å². The minimum atomic E-state index is -1.22. The van der Waals surface area contributed by atoms with Gasteiger partial charge in [-0.15, -0.1) is 0 Å². The van der Waals surface area contributed by atoms with Gasteiger partial charge in [0.05, 0.1) is 0 Å². The van der Waals surface area contributed by atoms with Crippen molar-refractivity contribution in [1.82, 2.24) is 5.01 Å². The molecule has 1 aliphatic heterocycles. The van der Waals surface area contributed by atoms with Gasteiger partial charge in [0, 0.05) is 12.5 Å². The number of nitrogens with zero attached hydrogens (tertiary/aromatic N) is 2. The van der Waals surface area contributed by atoms with Gasteiger partial charge in [0.25, 0.3) is 0 Å². The van der Waals surface area contributed by atoms with Crippen molar-refractivity contribution in [2.24, 2.45) is 16.8 Å². The number of benzene rings is 2. The number of nitrogens with two attached hydrogens (primary N) is 1. The van der Waals surface area contributed by atoms with Crippen molar-refractivity contribution in [3.63, 3.8) is 0 Å². The number of fused-ring (bicyclic) bond motifs is 2. The Morgan fingerprint density at radius 1 is 1.20 bits per heavy atom. The minimum absolute atomic E-state index is 0.0932. The van der Waals surface area contributed by atoms with E-state index in [0.717, 1.165) is 42.1 Å². The molecule has 0 radical (unpaired) electrons. The van der Waals surface area contributed by atoms with Crippen LogP contribution in [0, 0.1) is 29.2 Å². The van der Waals surface area contributed by atoms with Crippen LogP contribution in [0.4, 0.5) is 17.6 Å². The van der Waals surface area contributed by atoms with Crippen molar-refractivity contribution in [3.8, 4) is 0 Å². The van der Waals surface area contributed by atoms with E-state index >= 15 is 0 Å². The first kappa shape index (κ1) is 20.9. The Morgan fingerprint density at radius 3 is 2.63 bits per heavy atom. The normalized spacial score (nSPS) is 22.9. The SMILES string of the molecule is CC(=O)N1N=C(c2cc(F)ccc2F)S[C@@]12c1cc(F)c(F)cc1CC[C@H]2CCN. The molecule has 1 amide bonds. The van der Waals surface area contributed by atoms with Crippen molar-refractivity contribution in [2.75, 3.05) is 6.54 Å². The summed E-state index contributed by atoms with van der Waals surface area (Å²) in [5.74, 6) is -4.06. The molecule has 0 bridgehead atoms. The fourth-order valence-electron chi connectivity index (χ4n) is 4.29. The Morgan fingerprint density at radius 2 is 1.93 bits per heavy atom. The van der Waals surface area contributed by atoms with Crippen molar-refractivity contribution in [3.05, 3.63) is 70.3 Å². The predicted octanol–water partition coefficient (Wildman–Crippen LogP) is 4.26. The summed E-state index contributed by atoms with van der Waals surface area (Å²) in [7, 11) is 0. The van der Waals surface area contributed by atoms with Crippen LogP contribution in [0.15, 0.2) is 35.4 Å². The summed E-state index contributed by atoms with van der Waals surface area (Å²) in [6.45, 7) is 1.60. The number of halogens is 4. The Bertz CT molecular complexity index is 1060. The van der Waals surface area contributed by atoms with Crippen molar-refractivity contribution >= 4 is 22.7 Å². The van der Waals surface area contributed by atoms with E-state index in [9.17, 15) is 22.4 Å². The maximum Gasteiger partial charge on any atom is 0.241 e. The first-order chi connectivity index (χ1) is 14.3. The molecule has 0 aromatic heterocycles. The lowest BCUT2D eigenvalue weighted by Crippen LogP contribution is -2.49. The van der Waals surface area contributed by atoms with Gasteiger partial charge < -0.3 is 5.73 Å². The molecule has 158 valence electrons. The van der Waals surface area contributed by atoms with E-state index in [0.29, 0.717) is 36.9 Å². The van der Waals surface area contributed by atoms with Crippen LogP contribution >= 0.6 is 11.8 Å². The molecule has 1 spiro atoms. The molecular formula is C21H19F4N3OS. The lowest BCUT2D eigenvalue weighted by molar-refractivity contribution is -0.134. The minimum Gasteiger partial charge on any atom is -0.330 e. The van der Waals surface area contributed by atoms with Crippen LogP contribution in [-0.4, -0.2) is 22.5 Å². The van der Waals surface area contributed by atoms with Gasteiger partial charge in [0.2, 0.25) is 5.91 Å². The van der Waals surface area contributed by atoms with Crippen LogP contribution in [0.1, 0.15) is 36.5 Å². The Hall–Kier alpha value is -2.39. The maximum absolute atomic E-state index is 14.5. The summed E-state index contributed by atoms with van der Waals surface area (Å²) < 4.78 is 56.5. The largest absolute Gasteiger partial charge is 0.330 e. The third kappa shape index (κ3) is 3.20. The highest BCUT2D eigenvalue weighted by molar-refractivity contribution is 8.15. The highest BCUT2D eigenvalue weighted by Gasteiger charge is 2.55. The number of carbonyl (C=O) groups is 1. The van der Waals surface area contributed by atoms with Gasteiger partial charge >= 0.3 is 0 Å². The zero-order valence-electron chi connectivity index (χ0n) is 16.1. The van der Waals surface area contributed by atoms with E-state index in [1.807, 2.05) is 0 Å². The summed E-state index contributed by atoms with van der Waals surface area (Å²) in [6.07, 6.45) is 1.53. The molecular weight excluding hydrogens is 418 g/mol. The van der Waals surface area contributed by atoms with E-state index in [2.05, 4.69) is 5.10 Å². The van der Waals surface area contributed by atoms with E-state index in [-0.39, 0.29) is 16.5 Å². The second-order valence-corrected chi connectivity index (χ2v) is 8.61. The predicted molar refractivity (Wildman–Crippen MR) is 107 cm³/mol. The van der Waals surface area contributed by atoms with Crippen molar-refractivity contribution in [1.29, 1.82) is 0 Å². The molecule has 1 aliphatic carbocycles. The third-order valence-corrected chi connectivity index (χ3v) is 7.11. The number of hydrogen-bond donors (Lipinski definition) is 1. The molecule has 0 saturated heterocycles. The number of amides is 1. The Labute approximate surface area is 175 Å². The van der Waals surface area contributed by atoms with E-state index in [4.69, 9.17) is 5.73 Å². The molecule has 0 fully saturated rings. The molecule has 1 heterocycles. The van der Waals surface area contributed by atoms with Crippen LogP contribution in [0.25, 0.3) is 0 Å². The second kappa shape index (κ2) is 7.70. The fraction of sp³-hybridized carbons (Fsp3) is 0.333. The summed E-state index contributed by atoms with van der Waals surface area (Å²) >= 11 is 1.06. The van der Waals surface area contributed by atoms with Gasteiger partial charge in [0.15, 0.2) is 11.6 Å². The lowest BCUT2D eigenvalue weighted by Gasteiger charge is -2.45. The standard InChI is InChI=1S/C21H19F4N3OS/c1-11(29)28-21(30-20(27-28)15-9-14(22)4-5-17(15)23)13(6-7-26)3-2-12-8-18(24)19(25)10-16(12)21/h4-5,8-10,13H,2-3,6-7,26H2,1H3/t13-,21-/m0/s1. The molecule has 30 heavy (non-hydrogen) atoms. The monoisotopic (exact) mass is 437 g/mol. The molecule has 4 rings (SSSR count). The van der Waals surface area contributed by atoms with Crippen molar-refractivity contribution < 1.29 is 22.4 Å². The molecule has 2 aliphatic rings. The smallest absolute Gasteiger partial charge is 0.241 e. The molecule has 2 atom stereocenters. The molecule has 2 N–H and O–H groups in total. The Kier molecular flexibility index (Phi) is 5.36. The van der Waals surface area contributed by atoms with Gasteiger partial charge in [0.1, 0.15) is 21.5 Å². The van der Waals surface area contributed by atoms with E-state index in [1.165, 1.54) is 11.9 Å². The molecule has 2 aromatic rings. The third-order valence-electron chi connectivity index (χ3n) is 5.58. The quantitative estimate of drug-likeness (QED) is 0.730. The molecule has 0 saturated carbocycles. The summed E-state index contributed by atoms with van der Waals surface area (Å²) in [6, 6.07) is 5.19. The number of rotatable bonds is 3. The fourth-order valence-corrected chi connectivity index (χ4v) is 5.93. The first-order valence-electron chi connectivity index (χ1n) is 9.50. The molecule has 0 unspecified atom stereocenters. The average Bonchev–Trinajstić information content (AvgIpc) is 3.09. The number of hydrazone groups is 1. The zero-order chi connectivity index (χ0) is 21.6. The topological polar surface area (TPSA) is 58.7 Å². The molecule has 9 heteroatoms. The van der Waals surface area contributed by atoms with Crippen LogP contribution in [0.5, 0.6) is 0 Å². The first-order valence-corrected chi connectivity index (χ1v) is 10.3. The number of carbonyl (C=O) groups excluding carboxylic acids is 1. The molecule has 4 nitrogen and oxygen atoms in total. The van der Waals surface area contributed by atoms with E-state index < -0.39 is 34.0 Å². The molecule has 2 aromatic carbocycles. The van der Waals surface area contributed by atoms with Gasteiger partial charge in [-0.05, 0) is 73.2 Å². The zero-order valence-corrected chi connectivity index (χ0v) is 16.9. The lowest BCUT2D eigenvalue weighted by atomic mass is 9.77. The number of hydrogen-bond acceptors (Lipinski definition) is 4. The van der Waals surface area contributed by atoms with Gasteiger partial charge in [-0.1, -0.05) is 11.8 Å². The van der Waals surface area contributed by atoms with E-state index in [1.54, 1.807) is 0 Å². The average molecular weight is 437 g/mol. The summed E-state index contributed by atoms with van der Waals surface area (Å²) in [5.41, 5.74) is 6.67. The van der Waals surface area contributed by atoms with Crippen LogP contribution in [0.2, 0.25) is 0 Å². The van der Waals surface area contributed by atoms with Gasteiger partial charge in [-0.3, -0.25) is 4.79 Å². The maximum atomic E-state index is 14.5. The highest BCUT2D eigenvalue weighted by Crippen LogP contribution is 2.57. The van der Waals surface area contributed by atoms with Crippen LogP contribution in [-0.2, 0) is 16.1 Å². The number of thioether (sulfide) groups is 1. The van der Waals surface area contributed by atoms with Gasteiger partial charge in [-0.25, -0.2) is 22.6 Å².